The molecule has 0 aliphatic heterocycles. The minimum Gasteiger partial charge on any atom is -0.383 e. The van der Waals surface area contributed by atoms with Crippen molar-refractivity contribution in [1.29, 1.82) is 0 Å². The van der Waals surface area contributed by atoms with Crippen LogP contribution in [0.25, 0.3) is 11.4 Å². The van der Waals surface area contributed by atoms with Crippen LogP contribution in [0, 0.1) is 6.92 Å². The molecule has 0 saturated carbocycles. The highest BCUT2D eigenvalue weighted by Crippen LogP contribution is 2.22. The van der Waals surface area contributed by atoms with Crippen molar-refractivity contribution in [2.24, 2.45) is 0 Å². The van der Waals surface area contributed by atoms with Crippen LogP contribution in [0.4, 0.5) is 11.6 Å². The standard InChI is InChI=1S/C21H26N6O3S/c1-4-5-13-27-16(2)23-15-20(27)19-10-11-22-21(26-19)25-17-6-8-18(9-7-17)31(28,29)24-12-14-30-3/h4,6-11,15,24H,1,5,12-14H2,2-3H3,(H,22,25,26). The normalized spacial score (nSPS) is 11.4. The molecule has 0 aliphatic carbocycles. The number of anilines is 2. The van der Waals surface area contributed by atoms with Gasteiger partial charge in [-0.3, -0.25) is 0 Å². The topological polar surface area (TPSA) is 111 Å². The number of sulfonamides is 1. The van der Waals surface area contributed by atoms with Gasteiger partial charge in [-0.25, -0.2) is 28.1 Å². The molecule has 2 heterocycles. The third-order valence-electron chi connectivity index (χ3n) is 4.55. The predicted octanol–water partition coefficient (Wildman–Crippen LogP) is 2.89. The molecular formula is C21H26N6O3S. The van der Waals surface area contributed by atoms with Crippen LogP contribution in [0.1, 0.15) is 12.2 Å². The number of methoxy groups -OCH3 is 1. The number of aryl methyl sites for hydroxylation is 1. The molecule has 3 rings (SSSR count). The summed E-state index contributed by atoms with van der Waals surface area (Å²) >= 11 is 0. The molecule has 0 unspecified atom stereocenters. The average molecular weight is 443 g/mol. The summed E-state index contributed by atoms with van der Waals surface area (Å²) in [5.74, 6) is 1.31. The van der Waals surface area contributed by atoms with Crippen LogP contribution in [0.2, 0.25) is 0 Å². The van der Waals surface area contributed by atoms with Gasteiger partial charge in [0.1, 0.15) is 5.82 Å². The predicted molar refractivity (Wildman–Crippen MR) is 120 cm³/mol. The fraction of sp³-hybridized carbons (Fsp3) is 0.286. The maximum Gasteiger partial charge on any atom is 0.240 e. The Morgan fingerprint density at radius 2 is 1.97 bits per heavy atom. The molecule has 31 heavy (non-hydrogen) atoms. The highest BCUT2D eigenvalue weighted by Gasteiger charge is 2.14. The third-order valence-corrected chi connectivity index (χ3v) is 6.03. The first-order chi connectivity index (χ1) is 14.9. The number of rotatable bonds is 11. The lowest BCUT2D eigenvalue weighted by Crippen LogP contribution is -2.27. The van der Waals surface area contributed by atoms with Gasteiger partial charge in [-0.05, 0) is 43.7 Å². The van der Waals surface area contributed by atoms with Crippen molar-refractivity contribution in [3.8, 4) is 11.4 Å². The summed E-state index contributed by atoms with van der Waals surface area (Å²) in [7, 11) is -2.06. The van der Waals surface area contributed by atoms with Gasteiger partial charge in [0, 0.05) is 32.1 Å². The van der Waals surface area contributed by atoms with E-state index >= 15 is 0 Å². The Labute approximate surface area is 182 Å². The van der Waals surface area contributed by atoms with Gasteiger partial charge in [0.15, 0.2) is 0 Å². The number of nitrogens with zero attached hydrogens (tertiary/aromatic N) is 4. The van der Waals surface area contributed by atoms with E-state index in [1.165, 1.54) is 19.2 Å². The summed E-state index contributed by atoms with van der Waals surface area (Å²) in [5, 5.41) is 3.11. The van der Waals surface area contributed by atoms with E-state index in [0.717, 1.165) is 30.2 Å². The summed E-state index contributed by atoms with van der Waals surface area (Å²) in [6, 6.07) is 8.20. The molecule has 0 fully saturated rings. The van der Waals surface area contributed by atoms with Crippen molar-refractivity contribution in [3.63, 3.8) is 0 Å². The van der Waals surface area contributed by atoms with Gasteiger partial charge in [0.2, 0.25) is 16.0 Å². The molecule has 0 aliphatic rings. The van der Waals surface area contributed by atoms with E-state index in [1.807, 2.05) is 19.1 Å². The van der Waals surface area contributed by atoms with Crippen LogP contribution >= 0.6 is 0 Å². The van der Waals surface area contributed by atoms with Crippen molar-refractivity contribution < 1.29 is 13.2 Å². The van der Waals surface area contributed by atoms with Gasteiger partial charge in [-0.15, -0.1) is 6.58 Å². The molecular weight excluding hydrogens is 416 g/mol. The first-order valence-corrected chi connectivity index (χ1v) is 11.2. The van der Waals surface area contributed by atoms with Crippen molar-refractivity contribution >= 4 is 21.7 Å². The number of nitrogens with one attached hydrogen (secondary N) is 2. The first kappa shape index (κ1) is 22.6. The van der Waals surface area contributed by atoms with E-state index in [1.54, 1.807) is 24.5 Å². The zero-order valence-corrected chi connectivity index (χ0v) is 18.4. The molecule has 0 bridgehead atoms. The number of hydrogen-bond donors (Lipinski definition) is 2. The van der Waals surface area contributed by atoms with E-state index in [4.69, 9.17) is 4.74 Å². The molecule has 0 radical (unpaired) electrons. The Morgan fingerprint density at radius 3 is 2.68 bits per heavy atom. The Morgan fingerprint density at radius 1 is 1.19 bits per heavy atom. The molecule has 2 N–H and O–H groups in total. The average Bonchev–Trinajstić information content (AvgIpc) is 3.13. The van der Waals surface area contributed by atoms with Gasteiger partial charge in [-0.2, -0.15) is 0 Å². The first-order valence-electron chi connectivity index (χ1n) is 9.76. The Kier molecular flexibility index (Phi) is 7.50. The van der Waals surface area contributed by atoms with Crippen LogP contribution in [-0.4, -0.2) is 48.2 Å². The smallest absolute Gasteiger partial charge is 0.240 e. The SMILES string of the molecule is C=CCCn1c(-c2ccnc(Nc3ccc(S(=O)(=O)NCCOC)cc3)n2)cnc1C. The third kappa shape index (κ3) is 5.75. The van der Waals surface area contributed by atoms with Gasteiger partial charge >= 0.3 is 0 Å². The molecule has 0 spiro atoms. The van der Waals surface area contributed by atoms with Crippen molar-refractivity contribution in [2.75, 3.05) is 25.6 Å². The van der Waals surface area contributed by atoms with Gasteiger partial charge in [0.05, 0.1) is 29.1 Å². The molecule has 0 saturated heterocycles. The maximum absolute atomic E-state index is 12.3. The molecule has 0 amide bonds. The van der Waals surface area contributed by atoms with Crippen molar-refractivity contribution in [3.05, 3.63) is 61.2 Å². The number of imidazole rings is 1. The minimum absolute atomic E-state index is 0.172. The summed E-state index contributed by atoms with van der Waals surface area (Å²) in [5.41, 5.74) is 2.31. The molecule has 10 heteroatoms. The van der Waals surface area contributed by atoms with E-state index in [2.05, 4.69) is 36.1 Å². The fourth-order valence-electron chi connectivity index (χ4n) is 2.94. The Hall–Kier alpha value is -3.08. The summed E-state index contributed by atoms with van der Waals surface area (Å²) in [4.78, 5) is 13.4. The summed E-state index contributed by atoms with van der Waals surface area (Å²) in [6.45, 7) is 7.01. The van der Waals surface area contributed by atoms with E-state index in [9.17, 15) is 8.42 Å². The molecule has 0 atom stereocenters. The van der Waals surface area contributed by atoms with Gasteiger partial charge in [-0.1, -0.05) is 6.08 Å². The minimum atomic E-state index is -3.58. The highest BCUT2D eigenvalue weighted by atomic mass is 32.2. The van der Waals surface area contributed by atoms with Crippen LogP contribution in [0.15, 0.2) is 60.3 Å². The molecule has 164 valence electrons. The number of aromatic nitrogens is 4. The Balaban J connectivity index is 1.75. The number of ether oxygens (including phenoxy) is 1. The second kappa shape index (κ2) is 10.3. The van der Waals surface area contributed by atoms with Crippen LogP contribution in [0.3, 0.4) is 0 Å². The second-order valence-corrected chi connectivity index (χ2v) is 8.49. The van der Waals surface area contributed by atoms with E-state index in [0.29, 0.717) is 18.2 Å². The highest BCUT2D eigenvalue weighted by molar-refractivity contribution is 7.89. The lowest BCUT2D eigenvalue weighted by molar-refractivity contribution is 0.204. The quantitative estimate of drug-likeness (QED) is 0.347. The van der Waals surface area contributed by atoms with E-state index in [-0.39, 0.29) is 11.4 Å². The summed E-state index contributed by atoms with van der Waals surface area (Å²) < 4.78 is 34.0. The number of allylic oxidation sites excluding steroid dienone is 1. The summed E-state index contributed by atoms with van der Waals surface area (Å²) in [6.07, 6.45) is 6.16. The van der Waals surface area contributed by atoms with Crippen LogP contribution in [0.5, 0.6) is 0 Å². The Bertz CT molecular complexity index is 1130. The largest absolute Gasteiger partial charge is 0.383 e. The van der Waals surface area contributed by atoms with E-state index < -0.39 is 10.0 Å². The molecule has 1 aromatic carbocycles. The zero-order valence-electron chi connectivity index (χ0n) is 17.6. The fourth-order valence-corrected chi connectivity index (χ4v) is 3.96. The van der Waals surface area contributed by atoms with Gasteiger partial charge < -0.3 is 14.6 Å². The number of hydrogen-bond acceptors (Lipinski definition) is 7. The molecule has 3 aromatic rings. The molecule has 2 aromatic heterocycles. The lowest BCUT2D eigenvalue weighted by atomic mass is 10.3. The van der Waals surface area contributed by atoms with Crippen LogP contribution in [-0.2, 0) is 21.3 Å². The van der Waals surface area contributed by atoms with Crippen LogP contribution < -0.4 is 10.0 Å². The zero-order chi connectivity index (χ0) is 22.3. The maximum atomic E-state index is 12.3. The van der Waals surface area contributed by atoms with Crippen molar-refractivity contribution in [2.45, 2.75) is 24.8 Å². The molecule has 9 nitrogen and oxygen atoms in total. The monoisotopic (exact) mass is 442 g/mol. The van der Waals surface area contributed by atoms with Crippen molar-refractivity contribution in [1.82, 2.24) is 24.2 Å². The van der Waals surface area contributed by atoms with Gasteiger partial charge in [0.25, 0.3) is 0 Å². The lowest BCUT2D eigenvalue weighted by Gasteiger charge is -2.11. The second-order valence-electron chi connectivity index (χ2n) is 6.73. The number of benzene rings is 1.